The first-order valence-electron chi connectivity index (χ1n) is 4.74. The number of terminal acetylenes is 1. The second-order valence-electron chi connectivity index (χ2n) is 3.41. The van der Waals surface area contributed by atoms with Crippen molar-refractivity contribution >= 4 is 21.8 Å². The van der Waals surface area contributed by atoms with Crippen molar-refractivity contribution in [1.82, 2.24) is 5.32 Å². The Balaban J connectivity index is 2.74. The minimum atomic E-state index is -0.395. The van der Waals surface area contributed by atoms with Crippen LogP contribution in [0.4, 0.5) is 4.39 Å². The van der Waals surface area contributed by atoms with Crippen LogP contribution in [0.15, 0.2) is 22.7 Å². The molecule has 1 N–H and O–H groups in total. The Kier molecular flexibility index (Phi) is 4.51. The molecule has 0 saturated carbocycles. The average Bonchev–Trinajstić information content (AvgIpc) is 2.22. The van der Waals surface area contributed by atoms with Crippen LogP contribution in [0.25, 0.3) is 0 Å². The third kappa shape index (κ3) is 3.35. The van der Waals surface area contributed by atoms with Crippen LogP contribution >= 0.6 is 15.9 Å². The molecule has 4 heteroatoms. The van der Waals surface area contributed by atoms with Gasteiger partial charge >= 0.3 is 0 Å². The molecule has 1 rings (SSSR count). The van der Waals surface area contributed by atoms with Gasteiger partial charge in [0.05, 0.1) is 4.47 Å². The summed E-state index contributed by atoms with van der Waals surface area (Å²) in [6.45, 7) is 1.82. The Labute approximate surface area is 102 Å². The van der Waals surface area contributed by atoms with Crippen LogP contribution in [0, 0.1) is 18.2 Å². The summed E-state index contributed by atoms with van der Waals surface area (Å²) in [5, 5.41) is 2.72. The lowest BCUT2D eigenvalue weighted by atomic mass is 10.2. The van der Waals surface area contributed by atoms with Crippen molar-refractivity contribution < 1.29 is 9.18 Å². The lowest BCUT2D eigenvalue weighted by molar-refractivity contribution is 0.0941. The SMILES string of the molecule is C#CCC(C)NC(=O)c1ccc(F)c(Br)c1. The molecule has 1 amide bonds. The van der Waals surface area contributed by atoms with Crippen LogP contribution in [-0.4, -0.2) is 11.9 Å². The molecular weight excluding hydrogens is 273 g/mol. The van der Waals surface area contributed by atoms with Gasteiger partial charge in [-0.05, 0) is 41.1 Å². The second-order valence-corrected chi connectivity index (χ2v) is 4.27. The van der Waals surface area contributed by atoms with E-state index in [1.165, 1.54) is 18.2 Å². The number of hydrogen-bond acceptors (Lipinski definition) is 1. The fourth-order valence-corrected chi connectivity index (χ4v) is 1.55. The Bertz CT molecular complexity index is 439. The van der Waals surface area contributed by atoms with Gasteiger partial charge in [0.25, 0.3) is 5.91 Å². The molecule has 0 bridgehead atoms. The highest BCUT2D eigenvalue weighted by atomic mass is 79.9. The van der Waals surface area contributed by atoms with E-state index in [0.29, 0.717) is 12.0 Å². The molecular formula is C12H11BrFNO. The highest BCUT2D eigenvalue weighted by Gasteiger charge is 2.10. The van der Waals surface area contributed by atoms with Gasteiger partial charge in [0.2, 0.25) is 0 Å². The van der Waals surface area contributed by atoms with Crippen molar-refractivity contribution in [2.75, 3.05) is 0 Å². The van der Waals surface area contributed by atoms with Gasteiger partial charge < -0.3 is 5.32 Å². The molecule has 0 saturated heterocycles. The van der Waals surface area contributed by atoms with Gasteiger partial charge in [0, 0.05) is 18.0 Å². The minimum absolute atomic E-state index is 0.0960. The molecule has 0 spiro atoms. The number of nitrogens with one attached hydrogen (secondary N) is 1. The molecule has 0 aliphatic carbocycles. The van der Waals surface area contributed by atoms with Crippen LogP contribution in [0.1, 0.15) is 23.7 Å². The summed E-state index contributed by atoms with van der Waals surface area (Å²) in [6, 6.07) is 4.01. The molecule has 0 heterocycles. The lowest BCUT2D eigenvalue weighted by Crippen LogP contribution is -2.32. The van der Waals surface area contributed by atoms with E-state index in [-0.39, 0.29) is 16.4 Å². The molecule has 0 fully saturated rings. The molecule has 0 aliphatic heterocycles. The number of carbonyl (C=O) groups is 1. The monoisotopic (exact) mass is 283 g/mol. The van der Waals surface area contributed by atoms with Gasteiger partial charge in [-0.1, -0.05) is 0 Å². The second kappa shape index (κ2) is 5.66. The predicted molar refractivity (Wildman–Crippen MR) is 64.5 cm³/mol. The zero-order valence-electron chi connectivity index (χ0n) is 8.76. The van der Waals surface area contributed by atoms with E-state index in [1.807, 2.05) is 6.92 Å². The summed E-state index contributed by atoms with van der Waals surface area (Å²) in [7, 11) is 0. The Morgan fingerprint density at radius 1 is 1.69 bits per heavy atom. The first kappa shape index (κ1) is 12.7. The van der Waals surface area contributed by atoms with Crippen molar-refractivity contribution in [1.29, 1.82) is 0 Å². The number of amides is 1. The Morgan fingerprint density at radius 3 is 2.94 bits per heavy atom. The lowest BCUT2D eigenvalue weighted by Gasteiger charge is -2.11. The van der Waals surface area contributed by atoms with Gasteiger partial charge in [-0.2, -0.15) is 0 Å². The van der Waals surface area contributed by atoms with Crippen LogP contribution in [-0.2, 0) is 0 Å². The van der Waals surface area contributed by atoms with E-state index in [4.69, 9.17) is 6.42 Å². The Hall–Kier alpha value is -1.34. The molecule has 2 nitrogen and oxygen atoms in total. The molecule has 1 aromatic carbocycles. The molecule has 84 valence electrons. The molecule has 1 aromatic rings. The number of benzene rings is 1. The number of halogens is 2. The first-order valence-corrected chi connectivity index (χ1v) is 5.53. The van der Waals surface area contributed by atoms with E-state index >= 15 is 0 Å². The fraction of sp³-hybridized carbons (Fsp3) is 0.250. The quantitative estimate of drug-likeness (QED) is 0.850. The molecule has 1 atom stereocenters. The zero-order chi connectivity index (χ0) is 12.1. The summed E-state index contributed by atoms with van der Waals surface area (Å²) >= 11 is 3.02. The standard InChI is InChI=1S/C12H11BrFNO/c1-3-4-8(2)15-12(16)9-5-6-11(14)10(13)7-9/h1,5-8H,4H2,2H3,(H,15,16). The van der Waals surface area contributed by atoms with Gasteiger partial charge in [-0.15, -0.1) is 12.3 Å². The molecule has 0 aromatic heterocycles. The van der Waals surface area contributed by atoms with Crippen molar-refractivity contribution in [2.24, 2.45) is 0 Å². The normalized spacial score (nSPS) is 11.6. The van der Waals surface area contributed by atoms with Crippen molar-refractivity contribution in [3.8, 4) is 12.3 Å². The molecule has 16 heavy (non-hydrogen) atoms. The summed E-state index contributed by atoms with van der Waals surface area (Å²) in [6.07, 6.45) is 5.60. The largest absolute Gasteiger partial charge is 0.349 e. The number of carbonyl (C=O) groups excluding carboxylic acids is 1. The Morgan fingerprint density at radius 2 is 2.38 bits per heavy atom. The summed E-state index contributed by atoms with van der Waals surface area (Å²) in [4.78, 5) is 11.7. The molecule has 0 radical (unpaired) electrons. The van der Waals surface area contributed by atoms with Gasteiger partial charge in [-0.25, -0.2) is 4.39 Å². The van der Waals surface area contributed by atoms with Gasteiger partial charge in [0.15, 0.2) is 0 Å². The highest BCUT2D eigenvalue weighted by Crippen LogP contribution is 2.16. The van der Waals surface area contributed by atoms with E-state index in [9.17, 15) is 9.18 Å². The maximum atomic E-state index is 12.9. The molecule has 1 unspecified atom stereocenters. The van der Waals surface area contributed by atoms with E-state index < -0.39 is 5.82 Å². The van der Waals surface area contributed by atoms with E-state index in [2.05, 4.69) is 27.2 Å². The zero-order valence-corrected chi connectivity index (χ0v) is 10.3. The summed E-state index contributed by atoms with van der Waals surface area (Å²) in [5.74, 6) is 1.80. The molecule has 0 aliphatic rings. The third-order valence-corrected chi connectivity index (χ3v) is 2.59. The fourth-order valence-electron chi connectivity index (χ4n) is 1.17. The first-order chi connectivity index (χ1) is 7.54. The van der Waals surface area contributed by atoms with Gasteiger partial charge in [-0.3, -0.25) is 4.79 Å². The maximum Gasteiger partial charge on any atom is 0.251 e. The van der Waals surface area contributed by atoms with Crippen molar-refractivity contribution in [3.63, 3.8) is 0 Å². The summed E-state index contributed by atoms with van der Waals surface area (Å²) < 4.78 is 13.2. The maximum absolute atomic E-state index is 12.9. The number of hydrogen-bond donors (Lipinski definition) is 1. The van der Waals surface area contributed by atoms with Crippen LogP contribution < -0.4 is 5.32 Å². The predicted octanol–water partition coefficient (Wildman–Crippen LogP) is 2.73. The van der Waals surface area contributed by atoms with Crippen molar-refractivity contribution in [3.05, 3.63) is 34.1 Å². The van der Waals surface area contributed by atoms with E-state index in [1.54, 1.807) is 0 Å². The van der Waals surface area contributed by atoms with Crippen LogP contribution in [0.2, 0.25) is 0 Å². The van der Waals surface area contributed by atoms with Crippen molar-refractivity contribution in [2.45, 2.75) is 19.4 Å². The highest BCUT2D eigenvalue weighted by molar-refractivity contribution is 9.10. The van der Waals surface area contributed by atoms with E-state index in [0.717, 1.165) is 0 Å². The van der Waals surface area contributed by atoms with Crippen LogP contribution in [0.3, 0.4) is 0 Å². The third-order valence-electron chi connectivity index (χ3n) is 1.98. The van der Waals surface area contributed by atoms with Gasteiger partial charge in [0.1, 0.15) is 5.82 Å². The average molecular weight is 284 g/mol. The number of rotatable bonds is 3. The smallest absolute Gasteiger partial charge is 0.251 e. The summed E-state index contributed by atoms with van der Waals surface area (Å²) in [5.41, 5.74) is 0.400. The van der Waals surface area contributed by atoms with Crippen LogP contribution in [0.5, 0.6) is 0 Å². The topological polar surface area (TPSA) is 29.1 Å². The minimum Gasteiger partial charge on any atom is -0.349 e.